The maximum absolute atomic E-state index is 12.1. The predicted octanol–water partition coefficient (Wildman–Crippen LogP) is 2.75. The van der Waals surface area contributed by atoms with Crippen LogP contribution in [0.1, 0.15) is 44.9 Å². The molecule has 6 heteroatoms. The van der Waals surface area contributed by atoms with Gasteiger partial charge in [-0.25, -0.2) is 4.79 Å². The van der Waals surface area contributed by atoms with E-state index in [0.29, 0.717) is 23.0 Å². The number of hydrogen-bond acceptors (Lipinski definition) is 5. The Balaban J connectivity index is 1.26. The standard InChI is InChI=1S/C21H28BrN3O2/c22-15-4-6-16(7-5-15)23-8-9-24-17-11-14-12-20(26)27-21(14)13-18(17)25-10-2-1-3-19(21)25/h4,6,12,15,17-19,24H,1-3,5,7-11,13H2. The summed E-state index contributed by atoms with van der Waals surface area (Å²) in [7, 11) is 0. The second-order valence-electron chi connectivity index (χ2n) is 8.55. The fourth-order valence-electron chi connectivity index (χ4n) is 5.86. The molecular weight excluding hydrogens is 406 g/mol. The van der Waals surface area contributed by atoms with Crippen LogP contribution in [0.3, 0.4) is 0 Å². The van der Waals surface area contributed by atoms with Crippen molar-refractivity contribution in [2.45, 2.75) is 73.5 Å². The van der Waals surface area contributed by atoms with E-state index in [9.17, 15) is 4.79 Å². The number of alkyl halides is 1. The third-order valence-electron chi connectivity index (χ3n) is 7.05. The maximum Gasteiger partial charge on any atom is 0.331 e. The summed E-state index contributed by atoms with van der Waals surface area (Å²) in [4.78, 5) is 20.0. The van der Waals surface area contributed by atoms with Crippen molar-refractivity contribution in [3.63, 3.8) is 0 Å². The van der Waals surface area contributed by atoms with Gasteiger partial charge in [0.25, 0.3) is 0 Å². The van der Waals surface area contributed by atoms with E-state index in [4.69, 9.17) is 9.73 Å². The van der Waals surface area contributed by atoms with Crippen molar-refractivity contribution < 1.29 is 9.53 Å². The smallest absolute Gasteiger partial charge is 0.331 e. The molecule has 1 saturated carbocycles. The average Bonchev–Trinajstić information content (AvgIpc) is 3.15. The van der Waals surface area contributed by atoms with Crippen LogP contribution in [0.2, 0.25) is 0 Å². The minimum absolute atomic E-state index is 0.127. The zero-order chi connectivity index (χ0) is 18.4. The zero-order valence-electron chi connectivity index (χ0n) is 15.7. The number of nitrogens with zero attached hydrogens (tertiary/aromatic N) is 2. The van der Waals surface area contributed by atoms with Crippen LogP contribution in [-0.2, 0) is 9.53 Å². The normalized spacial score (nSPS) is 42.0. The van der Waals surface area contributed by atoms with Crippen LogP contribution >= 0.6 is 15.9 Å². The zero-order valence-corrected chi connectivity index (χ0v) is 17.3. The molecule has 3 fully saturated rings. The molecule has 2 bridgehead atoms. The number of hydrogen-bond donors (Lipinski definition) is 1. The van der Waals surface area contributed by atoms with Crippen LogP contribution in [0.15, 0.2) is 28.8 Å². The minimum Gasteiger partial charge on any atom is -0.450 e. The van der Waals surface area contributed by atoms with Crippen molar-refractivity contribution in [3.8, 4) is 0 Å². The molecule has 2 aliphatic carbocycles. The quantitative estimate of drug-likeness (QED) is 0.420. The monoisotopic (exact) mass is 433 g/mol. The van der Waals surface area contributed by atoms with Gasteiger partial charge in [-0.05, 0) is 50.3 Å². The molecule has 2 saturated heterocycles. The number of fused-ring (bicyclic) bond motifs is 3. The van der Waals surface area contributed by atoms with Crippen molar-refractivity contribution in [3.05, 3.63) is 23.8 Å². The molecule has 27 heavy (non-hydrogen) atoms. The molecule has 0 aromatic carbocycles. The molecular formula is C21H28BrN3O2. The van der Waals surface area contributed by atoms with Gasteiger partial charge in [-0.3, -0.25) is 9.89 Å². The van der Waals surface area contributed by atoms with Crippen LogP contribution in [0.4, 0.5) is 0 Å². The number of piperidine rings is 1. The number of esters is 1. The number of rotatable bonds is 4. The van der Waals surface area contributed by atoms with Gasteiger partial charge in [0, 0.05) is 41.7 Å². The Bertz CT molecular complexity index is 718. The molecule has 1 N–H and O–H groups in total. The lowest BCUT2D eigenvalue weighted by Gasteiger charge is -2.38. The van der Waals surface area contributed by atoms with Crippen LogP contribution in [0.5, 0.6) is 0 Å². The summed E-state index contributed by atoms with van der Waals surface area (Å²) in [6.07, 6.45) is 13.9. The van der Waals surface area contributed by atoms with Crippen LogP contribution < -0.4 is 5.32 Å². The summed E-state index contributed by atoms with van der Waals surface area (Å²) >= 11 is 3.62. The van der Waals surface area contributed by atoms with Gasteiger partial charge < -0.3 is 10.1 Å². The number of carbonyl (C=O) groups excluding carboxylic acids is 1. The van der Waals surface area contributed by atoms with Gasteiger partial charge in [-0.1, -0.05) is 28.4 Å². The summed E-state index contributed by atoms with van der Waals surface area (Å²) in [5.41, 5.74) is 2.14. The van der Waals surface area contributed by atoms with Crippen molar-refractivity contribution in [2.24, 2.45) is 4.99 Å². The molecule has 5 unspecified atom stereocenters. The molecule has 0 radical (unpaired) electrons. The van der Waals surface area contributed by atoms with Crippen molar-refractivity contribution in [1.29, 1.82) is 0 Å². The Hall–Kier alpha value is -0.980. The molecule has 146 valence electrons. The first-order valence-corrected chi connectivity index (χ1v) is 11.4. The highest BCUT2D eigenvalue weighted by Gasteiger charge is 2.63. The SMILES string of the molecule is O=C1C=C2CC(NCCN=C3C=CC(Br)CC3)C3CC2(O1)C1CCCCN31. The summed E-state index contributed by atoms with van der Waals surface area (Å²) in [6.45, 7) is 2.85. The lowest BCUT2D eigenvalue weighted by atomic mass is 9.75. The number of allylic oxidation sites excluding steroid dienone is 2. The van der Waals surface area contributed by atoms with Gasteiger partial charge >= 0.3 is 5.97 Å². The molecule has 0 aromatic heterocycles. The molecule has 5 atom stereocenters. The molecule has 5 rings (SSSR count). The number of halogens is 1. The Morgan fingerprint density at radius 3 is 3.15 bits per heavy atom. The van der Waals surface area contributed by atoms with E-state index in [-0.39, 0.29) is 11.6 Å². The van der Waals surface area contributed by atoms with Gasteiger partial charge in [0.1, 0.15) is 0 Å². The third kappa shape index (κ3) is 3.14. The van der Waals surface area contributed by atoms with Gasteiger partial charge in [0.15, 0.2) is 5.60 Å². The maximum atomic E-state index is 12.1. The summed E-state index contributed by atoms with van der Waals surface area (Å²) in [6, 6.07) is 1.27. The van der Waals surface area contributed by atoms with Gasteiger partial charge in [-0.15, -0.1) is 0 Å². The van der Waals surface area contributed by atoms with Gasteiger partial charge in [0.2, 0.25) is 0 Å². The molecule has 0 amide bonds. The highest BCUT2D eigenvalue weighted by molar-refractivity contribution is 9.09. The highest BCUT2D eigenvalue weighted by Crippen LogP contribution is 2.53. The van der Waals surface area contributed by atoms with Crippen molar-refractivity contribution in [2.75, 3.05) is 19.6 Å². The van der Waals surface area contributed by atoms with E-state index in [2.05, 4.69) is 38.3 Å². The van der Waals surface area contributed by atoms with Gasteiger partial charge in [0.05, 0.1) is 12.6 Å². The van der Waals surface area contributed by atoms with Crippen molar-refractivity contribution >= 4 is 27.6 Å². The summed E-state index contributed by atoms with van der Waals surface area (Å²) in [5, 5.41) is 3.77. The van der Waals surface area contributed by atoms with E-state index >= 15 is 0 Å². The number of nitrogens with one attached hydrogen (secondary N) is 1. The van der Waals surface area contributed by atoms with Gasteiger partial charge in [-0.2, -0.15) is 0 Å². The van der Waals surface area contributed by atoms with Crippen LogP contribution in [-0.4, -0.2) is 64.8 Å². The summed E-state index contributed by atoms with van der Waals surface area (Å²) < 4.78 is 5.94. The fourth-order valence-corrected chi connectivity index (χ4v) is 6.24. The van der Waals surface area contributed by atoms with Crippen molar-refractivity contribution in [1.82, 2.24) is 10.2 Å². The lowest BCUT2D eigenvalue weighted by molar-refractivity contribution is -0.148. The molecule has 3 heterocycles. The van der Waals surface area contributed by atoms with Crippen LogP contribution in [0, 0.1) is 0 Å². The second kappa shape index (κ2) is 7.12. The van der Waals surface area contributed by atoms with E-state index in [1.54, 1.807) is 6.08 Å². The highest BCUT2D eigenvalue weighted by atomic mass is 79.9. The predicted molar refractivity (Wildman–Crippen MR) is 109 cm³/mol. The first kappa shape index (κ1) is 18.1. The third-order valence-corrected chi connectivity index (χ3v) is 7.81. The summed E-state index contributed by atoms with van der Waals surface area (Å²) in [5.74, 6) is -0.127. The topological polar surface area (TPSA) is 53.9 Å². The number of aliphatic imine (C=N–C) groups is 1. The van der Waals surface area contributed by atoms with E-state index < -0.39 is 0 Å². The Kier molecular flexibility index (Phi) is 4.77. The second-order valence-corrected chi connectivity index (χ2v) is 9.73. The fraction of sp³-hybridized carbons (Fsp3) is 0.714. The Labute approximate surface area is 169 Å². The molecule has 5 nitrogen and oxygen atoms in total. The minimum atomic E-state index is -0.306. The Morgan fingerprint density at radius 2 is 2.30 bits per heavy atom. The van der Waals surface area contributed by atoms with E-state index in [1.165, 1.54) is 24.1 Å². The molecule has 5 aliphatic rings. The average molecular weight is 434 g/mol. The number of carbonyl (C=O) groups is 1. The lowest BCUT2D eigenvalue weighted by Crippen LogP contribution is -2.50. The van der Waals surface area contributed by atoms with E-state index in [0.717, 1.165) is 51.7 Å². The Morgan fingerprint density at radius 1 is 1.37 bits per heavy atom. The van der Waals surface area contributed by atoms with Crippen LogP contribution in [0.25, 0.3) is 0 Å². The number of ether oxygens (including phenoxy) is 1. The first-order chi connectivity index (χ1) is 13.2. The molecule has 3 aliphatic heterocycles. The largest absolute Gasteiger partial charge is 0.450 e. The first-order valence-electron chi connectivity index (χ1n) is 10.4. The van der Waals surface area contributed by atoms with E-state index in [1.807, 2.05) is 0 Å². The molecule has 0 aromatic rings. The molecule has 1 spiro atoms.